The minimum atomic E-state index is -0.909. The topological polar surface area (TPSA) is 70.6 Å². The van der Waals surface area contributed by atoms with Crippen molar-refractivity contribution in [1.29, 1.82) is 0 Å². The molecule has 0 atom stereocenters. The number of aryl methyl sites for hydroxylation is 1. The number of benzene rings is 2. The van der Waals surface area contributed by atoms with Crippen LogP contribution in [0.15, 0.2) is 53.6 Å². The third kappa shape index (κ3) is 4.52. The zero-order valence-corrected chi connectivity index (χ0v) is 11.8. The van der Waals surface area contributed by atoms with Crippen LogP contribution in [-0.2, 0) is 9.59 Å². The van der Waals surface area contributed by atoms with Crippen molar-refractivity contribution in [2.24, 2.45) is 5.10 Å². The van der Waals surface area contributed by atoms with Gasteiger partial charge in [0.1, 0.15) is 5.82 Å². The van der Waals surface area contributed by atoms with Crippen LogP contribution in [0.5, 0.6) is 0 Å². The largest absolute Gasteiger partial charge is 0.329 e. The summed E-state index contributed by atoms with van der Waals surface area (Å²) < 4.78 is 12.9. The standard InChI is InChI=1S/C16H14FN3O2/c1-11-5-7-14(8-6-11)19-15(21)16(22)20-18-10-12-3-2-4-13(17)9-12/h2-10H,1H3,(H,19,21)(H,20,22)/b18-10+. The van der Waals surface area contributed by atoms with E-state index in [0.717, 1.165) is 5.56 Å². The molecule has 2 aromatic rings. The Morgan fingerprint density at radius 2 is 1.82 bits per heavy atom. The molecule has 0 aliphatic carbocycles. The highest BCUT2D eigenvalue weighted by Gasteiger charge is 2.12. The van der Waals surface area contributed by atoms with Crippen LogP contribution in [0.2, 0.25) is 0 Å². The first-order chi connectivity index (χ1) is 10.5. The van der Waals surface area contributed by atoms with Gasteiger partial charge in [-0.25, -0.2) is 9.82 Å². The van der Waals surface area contributed by atoms with Gasteiger partial charge in [-0.05, 0) is 36.8 Å². The fourth-order valence-corrected chi connectivity index (χ4v) is 1.63. The number of hydrazone groups is 1. The lowest BCUT2D eigenvalue weighted by atomic mass is 10.2. The van der Waals surface area contributed by atoms with E-state index in [0.29, 0.717) is 11.3 Å². The molecule has 112 valence electrons. The fraction of sp³-hybridized carbons (Fsp3) is 0.0625. The van der Waals surface area contributed by atoms with Crippen LogP contribution in [0.3, 0.4) is 0 Å². The maximum Gasteiger partial charge on any atom is 0.329 e. The van der Waals surface area contributed by atoms with Crippen LogP contribution in [0.4, 0.5) is 10.1 Å². The molecule has 2 N–H and O–H groups in total. The molecule has 0 fully saturated rings. The number of hydrogen-bond acceptors (Lipinski definition) is 3. The zero-order valence-electron chi connectivity index (χ0n) is 11.8. The summed E-state index contributed by atoms with van der Waals surface area (Å²) in [4.78, 5) is 23.2. The Labute approximate surface area is 126 Å². The summed E-state index contributed by atoms with van der Waals surface area (Å²) in [6.45, 7) is 1.92. The van der Waals surface area contributed by atoms with Gasteiger partial charge in [0.05, 0.1) is 6.21 Å². The Hall–Kier alpha value is -3.02. The van der Waals surface area contributed by atoms with Gasteiger partial charge in [0, 0.05) is 5.69 Å². The van der Waals surface area contributed by atoms with Crippen molar-refractivity contribution in [1.82, 2.24) is 5.43 Å². The van der Waals surface area contributed by atoms with Gasteiger partial charge in [0.25, 0.3) is 0 Å². The van der Waals surface area contributed by atoms with Crippen LogP contribution in [-0.4, -0.2) is 18.0 Å². The third-order valence-electron chi connectivity index (χ3n) is 2.74. The van der Waals surface area contributed by atoms with E-state index in [-0.39, 0.29) is 0 Å². The lowest BCUT2D eigenvalue weighted by Gasteiger charge is -2.04. The molecular weight excluding hydrogens is 285 g/mol. The molecule has 2 amide bonds. The van der Waals surface area contributed by atoms with Crippen molar-refractivity contribution in [3.8, 4) is 0 Å². The summed E-state index contributed by atoms with van der Waals surface area (Å²) >= 11 is 0. The predicted molar refractivity (Wildman–Crippen MR) is 81.9 cm³/mol. The molecule has 5 nitrogen and oxygen atoms in total. The Balaban J connectivity index is 1.89. The molecule has 0 saturated heterocycles. The van der Waals surface area contributed by atoms with Crippen LogP contribution in [0, 0.1) is 12.7 Å². The minimum Gasteiger partial charge on any atom is -0.318 e. The summed E-state index contributed by atoms with van der Waals surface area (Å²) in [6.07, 6.45) is 1.25. The second-order valence-corrected chi connectivity index (χ2v) is 4.57. The molecule has 0 bridgehead atoms. The molecule has 2 rings (SSSR count). The smallest absolute Gasteiger partial charge is 0.318 e. The molecule has 0 aromatic heterocycles. The molecule has 0 heterocycles. The highest BCUT2D eigenvalue weighted by Crippen LogP contribution is 2.08. The van der Waals surface area contributed by atoms with Crippen LogP contribution >= 0.6 is 0 Å². The zero-order chi connectivity index (χ0) is 15.9. The number of carbonyl (C=O) groups is 2. The average Bonchev–Trinajstić information content (AvgIpc) is 2.49. The predicted octanol–water partition coefficient (Wildman–Crippen LogP) is 2.22. The number of amides is 2. The number of carbonyl (C=O) groups excluding carboxylic acids is 2. The SMILES string of the molecule is Cc1ccc(NC(=O)C(=O)N/N=C/c2cccc(F)c2)cc1. The molecule has 0 aliphatic heterocycles. The van der Waals surface area contributed by atoms with E-state index in [1.165, 1.54) is 24.4 Å². The lowest BCUT2D eigenvalue weighted by Crippen LogP contribution is -2.32. The summed E-state index contributed by atoms with van der Waals surface area (Å²) in [7, 11) is 0. The van der Waals surface area contributed by atoms with E-state index < -0.39 is 17.6 Å². The van der Waals surface area contributed by atoms with E-state index in [1.54, 1.807) is 18.2 Å². The maximum absolute atomic E-state index is 12.9. The molecular formula is C16H14FN3O2. The van der Waals surface area contributed by atoms with E-state index in [4.69, 9.17) is 0 Å². The molecule has 0 unspecified atom stereocenters. The van der Waals surface area contributed by atoms with Gasteiger partial charge in [-0.1, -0.05) is 29.8 Å². The highest BCUT2D eigenvalue weighted by molar-refractivity contribution is 6.39. The Kier molecular flexibility index (Phi) is 4.98. The molecule has 0 radical (unpaired) electrons. The normalized spacial score (nSPS) is 10.5. The first-order valence-electron chi connectivity index (χ1n) is 6.51. The van der Waals surface area contributed by atoms with Gasteiger partial charge in [-0.15, -0.1) is 0 Å². The Morgan fingerprint density at radius 1 is 1.09 bits per heavy atom. The quantitative estimate of drug-likeness (QED) is 0.518. The number of hydrogen-bond donors (Lipinski definition) is 2. The molecule has 2 aromatic carbocycles. The second kappa shape index (κ2) is 7.12. The van der Waals surface area contributed by atoms with Gasteiger partial charge >= 0.3 is 11.8 Å². The summed E-state index contributed by atoms with van der Waals surface area (Å²) in [5, 5.41) is 6.05. The number of halogens is 1. The van der Waals surface area contributed by atoms with E-state index in [2.05, 4.69) is 15.8 Å². The van der Waals surface area contributed by atoms with Gasteiger partial charge in [-0.2, -0.15) is 5.10 Å². The number of nitrogens with one attached hydrogen (secondary N) is 2. The fourth-order valence-electron chi connectivity index (χ4n) is 1.63. The van der Waals surface area contributed by atoms with Gasteiger partial charge in [-0.3, -0.25) is 9.59 Å². The van der Waals surface area contributed by atoms with Crippen molar-refractivity contribution < 1.29 is 14.0 Å². The van der Waals surface area contributed by atoms with Crippen molar-refractivity contribution in [3.05, 3.63) is 65.5 Å². The van der Waals surface area contributed by atoms with E-state index in [9.17, 15) is 14.0 Å². The van der Waals surface area contributed by atoms with E-state index >= 15 is 0 Å². The second-order valence-electron chi connectivity index (χ2n) is 4.57. The Morgan fingerprint density at radius 3 is 2.50 bits per heavy atom. The van der Waals surface area contributed by atoms with E-state index in [1.807, 2.05) is 19.1 Å². The summed E-state index contributed by atoms with van der Waals surface area (Å²) in [5.74, 6) is -2.15. The lowest BCUT2D eigenvalue weighted by molar-refractivity contribution is -0.136. The van der Waals surface area contributed by atoms with Crippen molar-refractivity contribution in [2.75, 3.05) is 5.32 Å². The molecule has 6 heteroatoms. The van der Waals surface area contributed by atoms with Crippen molar-refractivity contribution in [3.63, 3.8) is 0 Å². The number of rotatable bonds is 3. The van der Waals surface area contributed by atoms with Crippen molar-refractivity contribution >= 4 is 23.7 Å². The summed E-state index contributed by atoms with van der Waals surface area (Å²) in [5.41, 5.74) is 4.11. The van der Waals surface area contributed by atoms with Gasteiger partial charge in [0.2, 0.25) is 0 Å². The Bertz CT molecular complexity index is 712. The first kappa shape index (κ1) is 15.4. The monoisotopic (exact) mass is 299 g/mol. The van der Waals surface area contributed by atoms with Crippen LogP contribution < -0.4 is 10.7 Å². The van der Waals surface area contributed by atoms with Gasteiger partial charge < -0.3 is 5.32 Å². The number of anilines is 1. The van der Waals surface area contributed by atoms with Gasteiger partial charge in [0.15, 0.2) is 0 Å². The molecule has 0 saturated carbocycles. The molecule has 22 heavy (non-hydrogen) atoms. The van der Waals surface area contributed by atoms with Crippen LogP contribution in [0.25, 0.3) is 0 Å². The van der Waals surface area contributed by atoms with Crippen LogP contribution in [0.1, 0.15) is 11.1 Å². The third-order valence-corrected chi connectivity index (χ3v) is 2.74. The van der Waals surface area contributed by atoms with Crippen molar-refractivity contribution in [2.45, 2.75) is 6.92 Å². The minimum absolute atomic E-state index is 0.410. The number of nitrogens with zero attached hydrogens (tertiary/aromatic N) is 1. The maximum atomic E-state index is 12.9. The average molecular weight is 299 g/mol. The first-order valence-corrected chi connectivity index (χ1v) is 6.51. The highest BCUT2D eigenvalue weighted by atomic mass is 19.1. The molecule has 0 spiro atoms. The summed E-state index contributed by atoms with van der Waals surface area (Å²) in [6, 6.07) is 12.7. The molecule has 0 aliphatic rings.